The molecular weight excluding hydrogens is 358 g/mol. The third-order valence-electron chi connectivity index (χ3n) is 3.39. The quantitative estimate of drug-likeness (QED) is 0.873. The van der Waals surface area contributed by atoms with Gasteiger partial charge >= 0.3 is 0 Å². The number of carbonyl (C=O) groups excluding carboxylic acids is 2. The van der Waals surface area contributed by atoms with Crippen LogP contribution in [0.15, 0.2) is 47.2 Å². The van der Waals surface area contributed by atoms with Crippen molar-refractivity contribution in [3.05, 3.63) is 58.3 Å². The average Bonchev–Trinajstić information content (AvgIpc) is 2.54. The number of hydrogen-bond acceptors (Lipinski definition) is 3. The summed E-state index contributed by atoms with van der Waals surface area (Å²) in [6.45, 7) is 3.80. The van der Waals surface area contributed by atoms with Gasteiger partial charge in [-0.15, -0.1) is 0 Å². The highest BCUT2D eigenvalue weighted by molar-refractivity contribution is 9.10. The summed E-state index contributed by atoms with van der Waals surface area (Å²) in [5.74, 6) is -0.395. The topological polar surface area (TPSA) is 62.3 Å². The third kappa shape index (κ3) is 4.89. The Balaban J connectivity index is 2.02. The molecule has 0 spiro atoms. The Morgan fingerprint density at radius 1 is 1.22 bits per heavy atom. The number of hydrogen-bond donors (Lipinski definition) is 1. The fourth-order valence-corrected chi connectivity index (χ4v) is 2.40. The monoisotopic (exact) mass is 375 g/mol. The van der Waals surface area contributed by atoms with E-state index in [4.69, 9.17) is 0 Å². The predicted octanol–water partition coefficient (Wildman–Crippen LogP) is 2.82. The third-order valence-corrected chi connectivity index (χ3v) is 4.24. The number of rotatable bonds is 5. The molecule has 0 atom stereocenters. The number of nitrogens with one attached hydrogen (secondary N) is 1. The Morgan fingerprint density at radius 3 is 2.52 bits per heavy atom. The largest absolute Gasteiger partial charge is 0.350 e. The minimum absolute atomic E-state index is 0.0179. The van der Waals surface area contributed by atoms with Gasteiger partial charge in [-0.2, -0.15) is 0 Å². The number of benzene rings is 1. The van der Waals surface area contributed by atoms with Gasteiger partial charge in [-0.05, 0) is 42.3 Å². The zero-order chi connectivity index (χ0) is 16.8. The number of aryl methyl sites for hydroxylation is 1. The Kier molecular flexibility index (Phi) is 5.87. The molecule has 23 heavy (non-hydrogen) atoms. The highest BCUT2D eigenvalue weighted by atomic mass is 79.9. The van der Waals surface area contributed by atoms with Gasteiger partial charge in [0.25, 0.3) is 0 Å². The molecule has 6 heteroatoms. The lowest BCUT2D eigenvalue weighted by Gasteiger charge is -2.21. The number of aromatic nitrogens is 1. The molecule has 1 aromatic heterocycles. The van der Waals surface area contributed by atoms with E-state index < -0.39 is 0 Å². The fraction of sp³-hybridized carbons (Fsp3) is 0.235. The summed E-state index contributed by atoms with van der Waals surface area (Å²) in [5.41, 5.74) is 2.72. The summed E-state index contributed by atoms with van der Waals surface area (Å²) >= 11 is 3.45. The second kappa shape index (κ2) is 7.87. The highest BCUT2D eigenvalue weighted by Crippen LogP contribution is 2.23. The SMILES string of the molecule is CC(=O)N(CC(=O)NCc1ccncc1)c1ccc(C)c(Br)c1. The number of pyridine rings is 1. The lowest BCUT2D eigenvalue weighted by Crippen LogP contribution is -2.39. The molecule has 5 nitrogen and oxygen atoms in total. The Bertz CT molecular complexity index is 704. The first-order valence-electron chi connectivity index (χ1n) is 7.17. The standard InChI is InChI=1S/C17H18BrN3O2/c1-12-3-4-15(9-16(12)18)21(13(2)22)11-17(23)20-10-14-5-7-19-8-6-14/h3-9H,10-11H2,1-2H3,(H,20,23). The molecule has 0 aliphatic heterocycles. The van der Waals surface area contributed by atoms with E-state index >= 15 is 0 Å². The maximum Gasteiger partial charge on any atom is 0.240 e. The molecule has 0 fully saturated rings. The normalized spacial score (nSPS) is 10.2. The van der Waals surface area contributed by atoms with Crippen LogP contribution in [0.4, 0.5) is 5.69 Å². The fourth-order valence-electron chi connectivity index (χ4n) is 2.03. The molecule has 0 saturated heterocycles. The molecule has 2 amide bonds. The van der Waals surface area contributed by atoms with Crippen LogP contribution in [0.25, 0.3) is 0 Å². The number of halogens is 1. The van der Waals surface area contributed by atoms with Crippen molar-refractivity contribution in [1.82, 2.24) is 10.3 Å². The molecular formula is C17H18BrN3O2. The molecule has 0 aliphatic rings. The Hall–Kier alpha value is -2.21. The van der Waals surface area contributed by atoms with Crippen molar-refractivity contribution in [3.63, 3.8) is 0 Å². The van der Waals surface area contributed by atoms with Crippen LogP contribution in [0.2, 0.25) is 0 Å². The summed E-state index contributed by atoms with van der Waals surface area (Å²) in [6, 6.07) is 9.25. The average molecular weight is 376 g/mol. The minimum atomic E-state index is -0.214. The van der Waals surface area contributed by atoms with Crippen LogP contribution in [0.1, 0.15) is 18.1 Å². The van der Waals surface area contributed by atoms with Crippen molar-refractivity contribution in [2.75, 3.05) is 11.4 Å². The van der Waals surface area contributed by atoms with Crippen molar-refractivity contribution in [1.29, 1.82) is 0 Å². The summed E-state index contributed by atoms with van der Waals surface area (Å²) in [4.78, 5) is 29.4. The highest BCUT2D eigenvalue weighted by Gasteiger charge is 2.16. The summed E-state index contributed by atoms with van der Waals surface area (Å²) in [5, 5.41) is 2.81. The second-order valence-electron chi connectivity index (χ2n) is 5.17. The van der Waals surface area contributed by atoms with Gasteiger partial charge in [0, 0.05) is 36.0 Å². The van der Waals surface area contributed by atoms with Gasteiger partial charge in [-0.25, -0.2) is 0 Å². The van der Waals surface area contributed by atoms with Crippen LogP contribution >= 0.6 is 15.9 Å². The van der Waals surface area contributed by atoms with Crippen molar-refractivity contribution in [3.8, 4) is 0 Å². The smallest absolute Gasteiger partial charge is 0.240 e. The van der Waals surface area contributed by atoms with Gasteiger partial charge in [0.2, 0.25) is 11.8 Å². The van der Waals surface area contributed by atoms with Gasteiger partial charge in [0.15, 0.2) is 0 Å². The second-order valence-corrected chi connectivity index (χ2v) is 6.03. The summed E-state index contributed by atoms with van der Waals surface area (Å²) in [6.07, 6.45) is 3.35. The summed E-state index contributed by atoms with van der Waals surface area (Å²) in [7, 11) is 0. The predicted molar refractivity (Wildman–Crippen MR) is 93.0 cm³/mol. The van der Waals surface area contributed by atoms with Crippen LogP contribution in [0.5, 0.6) is 0 Å². The first kappa shape index (κ1) is 17.1. The molecule has 0 unspecified atom stereocenters. The van der Waals surface area contributed by atoms with E-state index in [1.165, 1.54) is 11.8 Å². The van der Waals surface area contributed by atoms with Crippen LogP contribution in [0.3, 0.4) is 0 Å². The maximum atomic E-state index is 12.1. The number of anilines is 1. The van der Waals surface area contributed by atoms with E-state index in [9.17, 15) is 9.59 Å². The van der Waals surface area contributed by atoms with E-state index in [0.717, 1.165) is 15.6 Å². The molecule has 1 heterocycles. The van der Waals surface area contributed by atoms with Crippen LogP contribution < -0.4 is 10.2 Å². The van der Waals surface area contributed by atoms with Crippen molar-refractivity contribution < 1.29 is 9.59 Å². The van der Waals surface area contributed by atoms with Gasteiger partial charge < -0.3 is 10.2 Å². The van der Waals surface area contributed by atoms with E-state index in [1.54, 1.807) is 12.4 Å². The number of nitrogens with zero attached hydrogens (tertiary/aromatic N) is 2. The van der Waals surface area contributed by atoms with Gasteiger partial charge in [0.1, 0.15) is 6.54 Å². The van der Waals surface area contributed by atoms with Crippen LogP contribution in [0, 0.1) is 6.92 Å². The zero-order valence-corrected chi connectivity index (χ0v) is 14.6. The maximum absolute atomic E-state index is 12.1. The first-order chi connectivity index (χ1) is 11.0. The number of amides is 2. The molecule has 0 bridgehead atoms. The number of carbonyl (C=O) groups is 2. The molecule has 120 valence electrons. The van der Waals surface area contributed by atoms with Gasteiger partial charge in [0.05, 0.1) is 0 Å². The van der Waals surface area contributed by atoms with Gasteiger partial charge in [-0.3, -0.25) is 14.6 Å². The molecule has 1 aromatic carbocycles. The molecule has 0 aliphatic carbocycles. The van der Waals surface area contributed by atoms with E-state index in [1.807, 2.05) is 37.3 Å². The molecule has 2 rings (SSSR count). The van der Waals surface area contributed by atoms with Crippen LogP contribution in [-0.2, 0) is 16.1 Å². The van der Waals surface area contributed by atoms with E-state index in [0.29, 0.717) is 12.2 Å². The van der Waals surface area contributed by atoms with Crippen molar-refractivity contribution in [2.45, 2.75) is 20.4 Å². The lowest BCUT2D eigenvalue weighted by atomic mass is 10.2. The van der Waals surface area contributed by atoms with Crippen molar-refractivity contribution >= 4 is 33.4 Å². The summed E-state index contributed by atoms with van der Waals surface area (Å²) < 4.78 is 0.901. The van der Waals surface area contributed by atoms with E-state index in [-0.39, 0.29) is 18.4 Å². The first-order valence-corrected chi connectivity index (χ1v) is 7.96. The zero-order valence-electron chi connectivity index (χ0n) is 13.0. The Morgan fingerprint density at radius 2 is 1.91 bits per heavy atom. The van der Waals surface area contributed by atoms with Crippen LogP contribution in [-0.4, -0.2) is 23.3 Å². The minimum Gasteiger partial charge on any atom is -0.350 e. The molecule has 1 N–H and O–H groups in total. The molecule has 0 saturated carbocycles. The molecule has 2 aromatic rings. The molecule has 0 radical (unpaired) electrons. The lowest BCUT2D eigenvalue weighted by molar-refractivity contribution is -0.123. The Labute approximate surface area is 143 Å². The van der Waals surface area contributed by atoms with E-state index in [2.05, 4.69) is 26.2 Å². The van der Waals surface area contributed by atoms with Gasteiger partial charge in [-0.1, -0.05) is 22.0 Å². The van der Waals surface area contributed by atoms with Crippen molar-refractivity contribution in [2.24, 2.45) is 0 Å².